The number of furan rings is 1. The van der Waals surface area contributed by atoms with Crippen molar-refractivity contribution in [2.45, 2.75) is 0 Å². The van der Waals surface area contributed by atoms with Crippen LogP contribution in [0.3, 0.4) is 0 Å². The Hall–Kier alpha value is -7.70. The van der Waals surface area contributed by atoms with E-state index < -0.39 is 0 Å². The molecule has 0 fully saturated rings. The van der Waals surface area contributed by atoms with E-state index in [4.69, 9.17) is 14.4 Å². The van der Waals surface area contributed by atoms with E-state index in [1.165, 1.54) is 62.6 Å². The number of thiophene rings is 2. The van der Waals surface area contributed by atoms with Crippen molar-refractivity contribution in [1.82, 2.24) is 9.97 Å². The zero-order valence-electron chi connectivity index (χ0n) is 33.7. The van der Waals surface area contributed by atoms with E-state index in [2.05, 4.69) is 188 Å². The number of fused-ring (bicyclic) bond motifs is 9. The molecule has 0 radical (unpaired) electrons. The average Bonchev–Trinajstić information content (AvgIpc) is 4.05. The van der Waals surface area contributed by atoms with Crippen LogP contribution in [0.5, 0.6) is 0 Å². The van der Waals surface area contributed by atoms with Crippen LogP contribution in [0.1, 0.15) is 0 Å². The van der Waals surface area contributed by atoms with Gasteiger partial charge in [0.25, 0.3) is 0 Å². The predicted octanol–water partition coefficient (Wildman–Crippen LogP) is 17.1. The molecule has 0 amide bonds. The summed E-state index contributed by atoms with van der Waals surface area (Å²) < 4.78 is 11.9. The van der Waals surface area contributed by atoms with Gasteiger partial charge in [-0.2, -0.15) is 0 Å². The van der Waals surface area contributed by atoms with Crippen LogP contribution in [0.2, 0.25) is 0 Å². The first-order chi connectivity index (χ1) is 31.2. The summed E-state index contributed by atoms with van der Waals surface area (Å²) >= 11 is 3.72. The topological polar surface area (TPSA) is 38.9 Å². The molecule has 0 unspecified atom stereocenters. The standard InChI is InChI=1S/C58H34N2OS2/c1-2-13-35(14-3-1)53-55-54(49-34-39(29-30-50(49)61-55)37-16-9-19-41(32-37)44-24-12-26-48-46-22-5-7-28-52(46)63-57(44)48)60-58(59-53)42-20-10-17-38(33-42)36-15-8-18-40(31-36)43-23-11-25-47-45-21-4-6-27-51(45)62-56(43)47/h1-34H. The molecular weight excluding hydrogens is 805 g/mol. The quantitative estimate of drug-likeness (QED) is 0.167. The van der Waals surface area contributed by atoms with Crippen molar-refractivity contribution in [2.75, 3.05) is 0 Å². The van der Waals surface area contributed by atoms with Gasteiger partial charge in [0.15, 0.2) is 11.4 Å². The molecule has 0 spiro atoms. The van der Waals surface area contributed by atoms with Crippen LogP contribution >= 0.6 is 22.7 Å². The highest BCUT2D eigenvalue weighted by atomic mass is 32.1. The maximum atomic E-state index is 6.66. The van der Waals surface area contributed by atoms with Gasteiger partial charge < -0.3 is 4.42 Å². The van der Waals surface area contributed by atoms with Gasteiger partial charge in [0.1, 0.15) is 16.8 Å². The van der Waals surface area contributed by atoms with Gasteiger partial charge in [-0.1, -0.05) is 164 Å². The smallest absolute Gasteiger partial charge is 0.180 e. The first-order valence-electron chi connectivity index (χ1n) is 21.1. The molecule has 63 heavy (non-hydrogen) atoms. The second-order valence-electron chi connectivity index (χ2n) is 16.1. The van der Waals surface area contributed by atoms with Crippen molar-refractivity contribution < 1.29 is 4.42 Å². The fraction of sp³-hybridized carbons (Fsp3) is 0. The molecule has 4 heterocycles. The molecular formula is C58H34N2OS2. The van der Waals surface area contributed by atoms with Crippen LogP contribution in [-0.4, -0.2) is 9.97 Å². The summed E-state index contributed by atoms with van der Waals surface area (Å²) in [4.78, 5) is 10.6. The predicted molar refractivity (Wildman–Crippen MR) is 268 cm³/mol. The van der Waals surface area contributed by atoms with Crippen LogP contribution in [-0.2, 0) is 0 Å². The minimum absolute atomic E-state index is 0.654. The molecule has 0 aliphatic heterocycles. The lowest BCUT2D eigenvalue weighted by atomic mass is 9.97. The van der Waals surface area contributed by atoms with Gasteiger partial charge >= 0.3 is 0 Å². The summed E-state index contributed by atoms with van der Waals surface area (Å²) in [6.45, 7) is 0. The van der Waals surface area contributed by atoms with E-state index in [1.807, 2.05) is 40.9 Å². The van der Waals surface area contributed by atoms with Gasteiger partial charge in [0, 0.05) is 56.9 Å². The lowest BCUT2D eigenvalue weighted by Gasteiger charge is -2.10. The largest absolute Gasteiger partial charge is 0.452 e. The van der Waals surface area contributed by atoms with Gasteiger partial charge in [-0.3, -0.25) is 0 Å². The molecule has 0 bridgehead atoms. The molecule has 13 aromatic rings. The maximum Gasteiger partial charge on any atom is 0.180 e. The Labute approximate surface area is 370 Å². The Morgan fingerprint density at radius 1 is 0.333 bits per heavy atom. The van der Waals surface area contributed by atoms with Crippen molar-refractivity contribution in [1.29, 1.82) is 0 Å². The molecule has 0 saturated carbocycles. The first-order valence-corrected chi connectivity index (χ1v) is 22.8. The van der Waals surface area contributed by atoms with E-state index >= 15 is 0 Å². The van der Waals surface area contributed by atoms with Gasteiger partial charge in [-0.05, 0) is 87.0 Å². The van der Waals surface area contributed by atoms with Crippen molar-refractivity contribution >= 4 is 85.1 Å². The fourth-order valence-electron chi connectivity index (χ4n) is 9.26. The number of aromatic nitrogens is 2. The summed E-state index contributed by atoms with van der Waals surface area (Å²) in [5.41, 5.74) is 14.3. The molecule has 294 valence electrons. The van der Waals surface area contributed by atoms with Crippen LogP contribution in [0.4, 0.5) is 0 Å². The summed E-state index contributed by atoms with van der Waals surface area (Å²) in [5.74, 6) is 0.654. The van der Waals surface area contributed by atoms with E-state index in [9.17, 15) is 0 Å². The number of benzene rings is 9. The van der Waals surface area contributed by atoms with Crippen LogP contribution in [0.25, 0.3) is 130 Å². The third kappa shape index (κ3) is 6.00. The SMILES string of the molecule is c1ccc(-c2nc(-c3cccc(-c4cccc(-c5cccc6c5sc5ccccc56)c4)c3)nc3c2oc2ccc(-c4cccc(-c5cccc6c5sc5ccccc56)c4)cc23)cc1. The second-order valence-corrected chi connectivity index (χ2v) is 18.2. The highest BCUT2D eigenvalue weighted by Crippen LogP contribution is 2.43. The van der Waals surface area contributed by atoms with E-state index in [1.54, 1.807) is 0 Å². The molecule has 0 saturated heterocycles. The molecule has 4 aromatic heterocycles. The van der Waals surface area contributed by atoms with Gasteiger partial charge in [-0.15, -0.1) is 22.7 Å². The number of hydrogen-bond donors (Lipinski definition) is 0. The Morgan fingerprint density at radius 3 is 1.43 bits per heavy atom. The van der Waals surface area contributed by atoms with Crippen molar-refractivity contribution in [3.63, 3.8) is 0 Å². The molecule has 13 rings (SSSR count). The third-order valence-electron chi connectivity index (χ3n) is 12.3. The third-order valence-corrected chi connectivity index (χ3v) is 14.7. The maximum absolute atomic E-state index is 6.66. The number of nitrogens with zero attached hydrogens (tertiary/aromatic N) is 2. The highest BCUT2D eigenvalue weighted by molar-refractivity contribution is 7.26. The molecule has 0 aliphatic carbocycles. The van der Waals surface area contributed by atoms with Gasteiger partial charge in [0.2, 0.25) is 0 Å². The Morgan fingerprint density at radius 2 is 0.810 bits per heavy atom. The van der Waals surface area contributed by atoms with E-state index in [-0.39, 0.29) is 0 Å². The van der Waals surface area contributed by atoms with E-state index in [0.717, 1.165) is 55.6 Å². The molecule has 0 N–H and O–H groups in total. The molecule has 0 atom stereocenters. The minimum atomic E-state index is 0.654. The lowest BCUT2D eigenvalue weighted by molar-refractivity contribution is 0.667. The van der Waals surface area contributed by atoms with E-state index in [0.29, 0.717) is 11.4 Å². The monoisotopic (exact) mass is 838 g/mol. The normalized spacial score (nSPS) is 11.8. The highest BCUT2D eigenvalue weighted by Gasteiger charge is 2.20. The van der Waals surface area contributed by atoms with Gasteiger partial charge in [0.05, 0.1) is 0 Å². The van der Waals surface area contributed by atoms with Crippen molar-refractivity contribution in [3.05, 3.63) is 206 Å². The summed E-state index contributed by atoms with van der Waals surface area (Å²) in [7, 11) is 0. The fourth-order valence-corrected chi connectivity index (χ4v) is 11.7. The summed E-state index contributed by atoms with van der Waals surface area (Å²) in [6, 6.07) is 73.8. The first kappa shape index (κ1) is 36.0. The van der Waals surface area contributed by atoms with Crippen LogP contribution < -0.4 is 0 Å². The average molecular weight is 839 g/mol. The Bertz CT molecular complexity index is 3930. The molecule has 0 aliphatic rings. The second kappa shape index (κ2) is 14.5. The number of rotatable bonds is 6. The summed E-state index contributed by atoms with van der Waals surface area (Å²) in [5, 5.41) is 6.18. The molecule has 3 nitrogen and oxygen atoms in total. The summed E-state index contributed by atoms with van der Waals surface area (Å²) in [6.07, 6.45) is 0. The van der Waals surface area contributed by atoms with Crippen molar-refractivity contribution in [2.24, 2.45) is 0 Å². The Kier molecular flexibility index (Phi) is 8.26. The zero-order valence-corrected chi connectivity index (χ0v) is 35.4. The van der Waals surface area contributed by atoms with Gasteiger partial charge in [-0.25, -0.2) is 9.97 Å². The molecule has 9 aromatic carbocycles. The minimum Gasteiger partial charge on any atom is -0.452 e. The van der Waals surface area contributed by atoms with Crippen LogP contribution in [0, 0.1) is 0 Å². The van der Waals surface area contributed by atoms with Crippen molar-refractivity contribution in [3.8, 4) is 67.2 Å². The number of hydrogen-bond acceptors (Lipinski definition) is 5. The van der Waals surface area contributed by atoms with Crippen LogP contribution in [0.15, 0.2) is 211 Å². The Balaban J connectivity index is 0.921. The molecule has 5 heteroatoms. The lowest BCUT2D eigenvalue weighted by Crippen LogP contribution is -1.94. The zero-order chi connectivity index (χ0) is 41.4.